The van der Waals surface area contributed by atoms with Gasteiger partial charge in [0.05, 0.1) is 6.04 Å². The molecule has 1 N–H and O–H groups in total. The molecule has 0 saturated heterocycles. The standard InChI is InChI=1S/C16H17F3N2/c1-3-10-9-20-8-7-11(10)16(21-4-2)12-5-6-13(17)15(19)14(12)18/h5-9,16,21H,3-4H2,1-2H3. The van der Waals surface area contributed by atoms with Gasteiger partial charge in [-0.05, 0) is 36.2 Å². The van der Waals surface area contributed by atoms with Gasteiger partial charge in [-0.25, -0.2) is 13.2 Å². The molecule has 0 aliphatic rings. The topological polar surface area (TPSA) is 24.9 Å². The second kappa shape index (κ2) is 6.72. The number of halogens is 3. The van der Waals surface area contributed by atoms with Crippen molar-refractivity contribution >= 4 is 0 Å². The van der Waals surface area contributed by atoms with E-state index in [1.165, 1.54) is 6.07 Å². The third-order valence-electron chi connectivity index (χ3n) is 3.42. The molecule has 1 aromatic heterocycles. The zero-order chi connectivity index (χ0) is 15.4. The molecule has 0 aliphatic carbocycles. The average molecular weight is 294 g/mol. The maximum Gasteiger partial charge on any atom is 0.194 e. The Hall–Kier alpha value is -1.88. The van der Waals surface area contributed by atoms with Crippen molar-refractivity contribution in [3.05, 3.63) is 64.7 Å². The van der Waals surface area contributed by atoms with Gasteiger partial charge >= 0.3 is 0 Å². The first-order valence-corrected chi connectivity index (χ1v) is 6.89. The van der Waals surface area contributed by atoms with Crippen molar-refractivity contribution in [2.24, 2.45) is 0 Å². The number of nitrogens with zero attached hydrogens (tertiary/aromatic N) is 1. The second-order valence-corrected chi connectivity index (χ2v) is 4.68. The third kappa shape index (κ3) is 3.08. The summed E-state index contributed by atoms with van der Waals surface area (Å²) in [7, 11) is 0. The van der Waals surface area contributed by atoms with Gasteiger partial charge in [0.1, 0.15) is 0 Å². The zero-order valence-electron chi connectivity index (χ0n) is 12.0. The van der Waals surface area contributed by atoms with Crippen LogP contribution in [0.25, 0.3) is 0 Å². The second-order valence-electron chi connectivity index (χ2n) is 4.68. The SMILES string of the molecule is CCNC(c1ccncc1CC)c1ccc(F)c(F)c1F. The van der Waals surface area contributed by atoms with Gasteiger partial charge in [-0.15, -0.1) is 0 Å². The van der Waals surface area contributed by atoms with Gasteiger partial charge in [-0.1, -0.05) is 19.9 Å². The van der Waals surface area contributed by atoms with Gasteiger partial charge in [0.15, 0.2) is 17.5 Å². The van der Waals surface area contributed by atoms with E-state index in [1.807, 2.05) is 13.8 Å². The van der Waals surface area contributed by atoms with Crippen molar-refractivity contribution in [2.75, 3.05) is 6.54 Å². The van der Waals surface area contributed by atoms with E-state index >= 15 is 0 Å². The van der Waals surface area contributed by atoms with Crippen LogP contribution < -0.4 is 5.32 Å². The molecule has 0 aliphatic heterocycles. The van der Waals surface area contributed by atoms with E-state index in [0.29, 0.717) is 6.54 Å². The number of rotatable bonds is 5. The van der Waals surface area contributed by atoms with Crippen molar-refractivity contribution in [1.29, 1.82) is 0 Å². The van der Waals surface area contributed by atoms with Crippen LogP contribution in [0.2, 0.25) is 0 Å². The van der Waals surface area contributed by atoms with Crippen molar-refractivity contribution in [1.82, 2.24) is 10.3 Å². The average Bonchev–Trinajstić information content (AvgIpc) is 2.51. The van der Waals surface area contributed by atoms with Crippen LogP contribution in [0.5, 0.6) is 0 Å². The summed E-state index contributed by atoms with van der Waals surface area (Å²) in [5.41, 5.74) is 1.85. The number of aromatic nitrogens is 1. The molecule has 0 bridgehead atoms. The number of benzene rings is 1. The lowest BCUT2D eigenvalue weighted by molar-refractivity contribution is 0.433. The largest absolute Gasteiger partial charge is 0.306 e. The molecule has 1 heterocycles. The van der Waals surface area contributed by atoms with Gasteiger partial charge in [0, 0.05) is 18.0 Å². The summed E-state index contributed by atoms with van der Waals surface area (Å²) in [5, 5.41) is 3.12. The van der Waals surface area contributed by atoms with E-state index in [1.54, 1.807) is 18.5 Å². The minimum Gasteiger partial charge on any atom is -0.306 e. The Labute approximate surface area is 122 Å². The highest BCUT2D eigenvalue weighted by Gasteiger charge is 2.23. The fourth-order valence-corrected chi connectivity index (χ4v) is 2.37. The summed E-state index contributed by atoms with van der Waals surface area (Å²) >= 11 is 0. The lowest BCUT2D eigenvalue weighted by atomic mass is 9.94. The Morgan fingerprint density at radius 1 is 1.05 bits per heavy atom. The third-order valence-corrected chi connectivity index (χ3v) is 3.42. The molecule has 0 amide bonds. The highest BCUT2D eigenvalue weighted by atomic mass is 19.2. The van der Waals surface area contributed by atoms with Crippen molar-refractivity contribution in [3.63, 3.8) is 0 Å². The van der Waals surface area contributed by atoms with Crippen LogP contribution in [0.4, 0.5) is 13.2 Å². The fourth-order valence-electron chi connectivity index (χ4n) is 2.37. The molecule has 0 radical (unpaired) electrons. The number of nitrogens with one attached hydrogen (secondary N) is 1. The molecule has 21 heavy (non-hydrogen) atoms. The summed E-state index contributed by atoms with van der Waals surface area (Å²) in [6.45, 7) is 4.40. The van der Waals surface area contributed by atoms with Crippen LogP contribution in [0.1, 0.15) is 36.6 Å². The maximum atomic E-state index is 14.1. The zero-order valence-corrected chi connectivity index (χ0v) is 12.0. The number of pyridine rings is 1. The number of hydrogen-bond acceptors (Lipinski definition) is 2. The van der Waals surface area contributed by atoms with Crippen LogP contribution in [0.3, 0.4) is 0 Å². The van der Waals surface area contributed by atoms with E-state index < -0.39 is 23.5 Å². The van der Waals surface area contributed by atoms with Crippen molar-refractivity contribution in [2.45, 2.75) is 26.3 Å². The summed E-state index contributed by atoms with van der Waals surface area (Å²) in [6.07, 6.45) is 4.03. The molecule has 1 aromatic carbocycles. The molecule has 5 heteroatoms. The van der Waals surface area contributed by atoms with Crippen LogP contribution >= 0.6 is 0 Å². The van der Waals surface area contributed by atoms with E-state index in [9.17, 15) is 13.2 Å². The Morgan fingerprint density at radius 2 is 1.81 bits per heavy atom. The quantitative estimate of drug-likeness (QED) is 0.849. The van der Waals surface area contributed by atoms with E-state index in [0.717, 1.165) is 23.6 Å². The smallest absolute Gasteiger partial charge is 0.194 e. The predicted molar refractivity (Wildman–Crippen MR) is 75.5 cm³/mol. The maximum absolute atomic E-state index is 14.1. The van der Waals surface area contributed by atoms with Gasteiger partial charge in [0.25, 0.3) is 0 Å². The van der Waals surface area contributed by atoms with Gasteiger partial charge in [-0.3, -0.25) is 4.98 Å². The molecule has 0 fully saturated rings. The van der Waals surface area contributed by atoms with Crippen LogP contribution in [0, 0.1) is 17.5 Å². The molecule has 1 unspecified atom stereocenters. The van der Waals surface area contributed by atoms with Crippen molar-refractivity contribution in [3.8, 4) is 0 Å². The molecule has 0 spiro atoms. The normalized spacial score (nSPS) is 12.4. The van der Waals surface area contributed by atoms with Crippen LogP contribution in [0.15, 0.2) is 30.6 Å². The number of hydrogen-bond donors (Lipinski definition) is 1. The lowest BCUT2D eigenvalue weighted by Crippen LogP contribution is -2.24. The Morgan fingerprint density at radius 3 is 2.48 bits per heavy atom. The van der Waals surface area contributed by atoms with Crippen molar-refractivity contribution < 1.29 is 13.2 Å². The lowest BCUT2D eigenvalue weighted by Gasteiger charge is -2.22. The highest BCUT2D eigenvalue weighted by Crippen LogP contribution is 2.28. The van der Waals surface area contributed by atoms with Crippen LogP contribution in [-0.4, -0.2) is 11.5 Å². The fraction of sp³-hybridized carbons (Fsp3) is 0.312. The minimum atomic E-state index is -1.44. The highest BCUT2D eigenvalue weighted by molar-refractivity contribution is 5.37. The molecular formula is C16H17F3N2. The summed E-state index contributed by atoms with van der Waals surface area (Å²) in [6, 6.07) is 3.46. The Kier molecular flexibility index (Phi) is 4.96. The van der Waals surface area contributed by atoms with E-state index in [-0.39, 0.29) is 5.56 Å². The minimum absolute atomic E-state index is 0.0941. The summed E-state index contributed by atoms with van der Waals surface area (Å²) < 4.78 is 40.7. The first kappa shape index (κ1) is 15.5. The first-order chi connectivity index (χ1) is 10.1. The van der Waals surface area contributed by atoms with Gasteiger partial charge < -0.3 is 5.32 Å². The molecule has 0 saturated carbocycles. The molecular weight excluding hydrogens is 277 g/mol. The Bertz CT molecular complexity index is 629. The van der Waals surface area contributed by atoms with Gasteiger partial charge in [0.2, 0.25) is 0 Å². The molecule has 112 valence electrons. The van der Waals surface area contributed by atoms with E-state index in [4.69, 9.17) is 0 Å². The molecule has 2 nitrogen and oxygen atoms in total. The predicted octanol–water partition coefficient (Wildman–Crippen LogP) is 3.76. The molecule has 1 atom stereocenters. The summed E-state index contributed by atoms with van der Waals surface area (Å²) in [5.74, 6) is -3.78. The molecule has 2 rings (SSSR count). The van der Waals surface area contributed by atoms with Gasteiger partial charge in [-0.2, -0.15) is 0 Å². The first-order valence-electron chi connectivity index (χ1n) is 6.89. The summed E-state index contributed by atoms with van der Waals surface area (Å²) in [4.78, 5) is 4.05. The molecule has 2 aromatic rings. The Balaban J connectivity index is 2.56. The monoisotopic (exact) mass is 294 g/mol. The number of aryl methyl sites for hydroxylation is 1. The van der Waals surface area contributed by atoms with Crippen LogP contribution in [-0.2, 0) is 6.42 Å². The van der Waals surface area contributed by atoms with E-state index in [2.05, 4.69) is 10.3 Å².